The molecule has 2 heterocycles. The fourth-order valence-corrected chi connectivity index (χ4v) is 1.72. The Hall–Kier alpha value is -1.42. The number of hydrogen-bond donors (Lipinski definition) is 1. The van der Waals surface area contributed by atoms with E-state index in [4.69, 9.17) is 9.84 Å². The van der Waals surface area contributed by atoms with E-state index in [1.165, 1.54) is 0 Å². The maximum Gasteiger partial charge on any atom is 0.309 e. The predicted octanol–water partition coefficient (Wildman–Crippen LogP) is 1.24. The van der Waals surface area contributed by atoms with E-state index in [1.807, 2.05) is 6.07 Å². The third kappa shape index (κ3) is 1.61. The van der Waals surface area contributed by atoms with Crippen LogP contribution in [0.4, 0.5) is 0 Å². The van der Waals surface area contributed by atoms with Crippen molar-refractivity contribution in [2.75, 3.05) is 6.61 Å². The van der Waals surface area contributed by atoms with Gasteiger partial charge >= 0.3 is 5.97 Å². The second kappa shape index (κ2) is 3.75. The summed E-state index contributed by atoms with van der Waals surface area (Å²) in [6, 6.07) is 3.63. The topological polar surface area (TPSA) is 59.4 Å². The minimum atomic E-state index is -0.795. The lowest BCUT2D eigenvalue weighted by molar-refractivity contribution is -0.143. The molecule has 0 aromatic carbocycles. The van der Waals surface area contributed by atoms with Gasteiger partial charge in [-0.25, -0.2) is 0 Å². The van der Waals surface area contributed by atoms with Gasteiger partial charge in [-0.05, 0) is 18.1 Å². The molecule has 4 nitrogen and oxygen atoms in total. The zero-order valence-electron chi connectivity index (χ0n) is 7.59. The number of hydrogen-bond acceptors (Lipinski definition) is 3. The van der Waals surface area contributed by atoms with Crippen molar-refractivity contribution >= 4 is 5.97 Å². The molecule has 0 radical (unpaired) electrons. The third-order valence-corrected chi connectivity index (χ3v) is 2.42. The van der Waals surface area contributed by atoms with Gasteiger partial charge in [0.1, 0.15) is 0 Å². The molecule has 0 spiro atoms. The maximum absolute atomic E-state index is 10.9. The minimum absolute atomic E-state index is 0.332. The standard InChI is InChI=1S/C10H11NO3/c12-10(13)8-3-5-14-9(8)7-2-1-4-11-6-7/h1-2,4,6,8-9H,3,5H2,(H,12,13)/t8-,9+/m0/s1. The zero-order chi connectivity index (χ0) is 9.97. The lowest BCUT2D eigenvalue weighted by atomic mass is 9.97. The Morgan fingerprint density at radius 3 is 3.14 bits per heavy atom. The number of aliphatic carboxylic acids is 1. The summed E-state index contributed by atoms with van der Waals surface area (Å²) in [6.07, 6.45) is 3.57. The van der Waals surface area contributed by atoms with Crippen molar-refractivity contribution < 1.29 is 14.6 Å². The number of rotatable bonds is 2. The molecule has 0 bridgehead atoms. The van der Waals surface area contributed by atoms with Crippen molar-refractivity contribution in [3.05, 3.63) is 30.1 Å². The predicted molar refractivity (Wildman–Crippen MR) is 48.7 cm³/mol. The van der Waals surface area contributed by atoms with Crippen molar-refractivity contribution in [3.63, 3.8) is 0 Å². The molecule has 0 saturated carbocycles. The summed E-state index contributed by atoms with van der Waals surface area (Å²) in [5.41, 5.74) is 0.845. The van der Waals surface area contributed by atoms with E-state index in [1.54, 1.807) is 18.5 Å². The molecular weight excluding hydrogens is 182 g/mol. The summed E-state index contributed by atoms with van der Waals surface area (Å²) in [4.78, 5) is 14.8. The highest BCUT2D eigenvalue weighted by molar-refractivity contribution is 5.71. The summed E-state index contributed by atoms with van der Waals surface area (Å²) >= 11 is 0. The average molecular weight is 193 g/mol. The first-order chi connectivity index (χ1) is 6.79. The zero-order valence-corrected chi connectivity index (χ0v) is 7.59. The Morgan fingerprint density at radius 2 is 2.50 bits per heavy atom. The first-order valence-electron chi connectivity index (χ1n) is 4.53. The Morgan fingerprint density at radius 1 is 1.64 bits per heavy atom. The summed E-state index contributed by atoms with van der Waals surface area (Å²) in [7, 11) is 0. The van der Waals surface area contributed by atoms with Crippen molar-refractivity contribution in [2.45, 2.75) is 12.5 Å². The maximum atomic E-state index is 10.9. The summed E-state index contributed by atoms with van der Waals surface area (Å²) in [6.45, 7) is 0.510. The monoisotopic (exact) mass is 193 g/mol. The van der Waals surface area contributed by atoms with Gasteiger partial charge in [0, 0.05) is 19.0 Å². The Kier molecular flexibility index (Phi) is 2.45. The van der Waals surface area contributed by atoms with Crippen LogP contribution in [0, 0.1) is 5.92 Å². The van der Waals surface area contributed by atoms with Crippen LogP contribution in [0.1, 0.15) is 18.1 Å². The van der Waals surface area contributed by atoms with Crippen LogP contribution in [0.2, 0.25) is 0 Å². The smallest absolute Gasteiger partial charge is 0.309 e. The summed E-state index contributed by atoms with van der Waals surface area (Å²) in [5, 5.41) is 8.94. The molecule has 1 aliphatic heterocycles. The van der Waals surface area contributed by atoms with Crippen LogP contribution < -0.4 is 0 Å². The number of carboxylic acid groups (broad SMARTS) is 1. The molecule has 1 aromatic heterocycles. The van der Waals surface area contributed by atoms with Crippen LogP contribution in [0.5, 0.6) is 0 Å². The van der Waals surface area contributed by atoms with E-state index >= 15 is 0 Å². The SMILES string of the molecule is O=C(O)[C@H]1CCO[C@@H]1c1cccnc1. The van der Waals surface area contributed by atoms with Gasteiger partial charge < -0.3 is 9.84 Å². The summed E-state index contributed by atoms with van der Waals surface area (Å²) in [5.74, 6) is -1.23. The van der Waals surface area contributed by atoms with Crippen LogP contribution >= 0.6 is 0 Å². The first-order valence-corrected chi connectivity index (χ1v) is 4.53. The number of aromatic nitrogens is 1. The van der Waals surface area contributed by atoms with E-state index in [-0.39, 0.29) is 6.10 Å². The molecule has 2 rings (SSSR count). The normalized spacial score (nSPS) is 26.3. The van der Waals surface area contributed by atoms with Gasteiger partial charge in [0.25, 0.3) is 0 Å². The van der Waals surface area contributed by atoms with E-state index in [0.717, 1.165) is 5.56 Å². The third-order valence-electron chi connectivity index (χ3n) is 2.42. The minimum Gasteiger partial charge on any atom is -0.481 e. The number of carbonyl (C=O) groups is 1. The van der Waals surface area contributed by atoms with Gasteiger partial charge in [0.15, 0.2) is 0 Å². The Labute approximate surface area is 81.5 Å². The van der Waals surface area contributed by atoms with Crippen molar-refractivity contribution in [2.24, 2.45) is 5.92 Å². The van der Waals surface area contributed by atoms with E-state index < -0.39 is 11.9 Å². The second-order valence-electron chi connectivity index (χ2n) is 3.31. The van der Waals surface area contributed by atoms with E-state index in [9.17, 15) is 4.79 Å². The van der Waals surface area contributed by atoms with Crippen LogP contribution in [0.15, 0.2) is 24.5 Å². The number of pyridine rings is 1. The van der Waals surface area contributed by atoms with Gasteiger partial charge in [-0.15, -0.1) is 0 Å². The highest BCUT2D eigenvalue weighted by atomic mass is 16.5. The Balaban J connectivity index is 2.22. The molecule has 1 fully saturated rings. The molecule has 14 heavy (non-hydrogen) atoms. The lowest BCUT2D eigenvalue weighted by Gasteiger charge is -2.14. The molecule has 1 aliphatic rings. The van der Waals surface area contributed by atoms with Crippen molar-refractivity contribution in [1.29, 1.82) is 0 Å². The van der Waals surface area contributed by atoms with Crippen molar-refractivity contribution in [1.82, 2.24) is 4.98 Å². The van der Waals surface area contributed by atoms with E-state index in [2.05, 4.69) is 4.98 Å². The average Bonchev–Trinajstić information content (AvgIpc) is 2.67. The van der Waals surface area contributed by atoms with Gasteiger partial charge in [0.05, 0.1) is 12.0 Å². The summed E-state index contributed by atoms with van der Waals surface area (Å²) < 4.78 is 5.39. The number of carboxylic acids is 1. The van der Waals surface area contributed by atoms with Crippen LogP contribution in [0.3, 0.4) is 0 Å². The molecule has 0 unspecified atom stereocenters. The van der Waals surface area contributed by atoms with Crippen LogP contribution in [0.25, 0.3) is 0 Å². The molecule has 1 N–H and O–H groups in total. The highest BCUT2D eigenvalue weighted by Crippen LogP contribution is 2.33. The fourth-order valence-electron chi connectivity index (χ4n) is 1.72. The number of ether oxygens (including phenoxy) is 1. The van der Waals surface area contributed by atoms with Crippen LogP contribution in [-0.4, -0.2) is 22.7 Å². The van der Waals surface area contributed by atoms with Gasteiger partial charge in [0.2, 0.25) is 0 Å². The lowest BCUT2D eigenvalue weighted by Crippen LogP contribution is -2.17. The highest BCUT2D eigenvalue weighted by Gasteiger charge is 2.35. The quantitative estimate of drug-likeness (QED) is 0.767. The molecule has 74 valence electrons. The van der Waals surface area contributed by atoms with Crippen molar-refractivity contribution in [3.8, 4) is 0 Å². The van der Waals surface area contributed by atoms with E-state index in [0.29, 0.717) is 13.0 Å². The molecular formula is C10H11NO3. The molecule has 1 aromatic rings. The largest absolute Gasteiger partial charge is 0.481 e. The molecule has 1 saturated heterocycles. The second-order valence-corrected chi connectivity index (χ2v) is 3.31. The van der Waals surface area contributed by atoms with Gasteiger partial charge in [-0.3, -0.25) is 9.78 Å². The molecule has 2 atom stereocenters. The molecule has 0 aliphatic carbocycles. The van der Waals surface area contributed by atoms with Gasteiger partial charge in [-0.2, -0.15) is 0 Å². The number of nitrogens with zero attached hydrogens (tertiary/aromatic N) is 1. The molecule has 0 amide bonds. The molecule has 4 heteroatoms. The first kappa shape index (κ1) is 9.15. The van der Waals surface area contributed by atoms with Gasteiger partial charge in [-0.1, -0.05) is 6.07 Å². The fraction of sp³-hybridized carbons (Fsp3) is 0.400. The van der Waals surface area contributed by atoms with Crippen LogP contribution in [-0.2, 0) is 9.53 Å². The Bertz CT molecular complexity index is 325.